The molecule has 8 heteroatoms. The van der Waals surface area contributed by atoms with Crippen LogP contribution in [0.1, 0.15) is 46.3 Å². The number of nitrogens with zero attached hydrogens (tertiary/aromatic N) is 1. The van der Waals surface area contributed by atoms with Gasteiger partial charge in [0.1, 0.15) is 23.9 Å². The first kappa shape index (κ1) is 32.6. The number of ether oxygens (including phenoxy) is 4. The molecule has 0 aromatic heterocycles. The standard InChI is InChI=1S/C36H38ClNO6/c1-41-35(39)9-5-6-23-38(25-27-10-14-30(15-11-27)36(40)42-2)24-22-29-7-3-4-8-34(29)43-26-28-12-18-32(19-13-28)44-33-20-16-31(37)17-21-33/h3-4,7-8,10-21H,5-6,9,22-26H2,1-2H3. The van der Waals surface area contributed by atoms with Gasteiger partial charge in [-0.15, -0.1) is 0 Å². The van der Waals surface area contributed by atoms with E-state index in [9.17, 15) is 9.59 Å². The summed E-state index contributed by atoms with van der Waals surface area (Å²) in [4.78, 5) is 25.8. The predicted molar refractivity (Wildman–Crippen MR) is 171 cm³/mol. The van der Waals surface area contributed by atoms with E-state index in [0.29, 0.717) is 30.2 Å². The van der Waals surface area contributed by atoms with Crippen LogP contribution in [0.4, 0.5) is 0 Å². The van der Waals surface area contributed by atoms with E-state index in [0.717, 1.165) is 66.3 Å². The number of carbonyl (C=O) groups excluding carboxylic acids is 2. The second kappa shape index (κ2) is 17.1. The molecule has 0 saturated heterocycles. The summed E-state index contributed by atoms with van der Waals surface area (Å²) in [6.07, 6.45) is 2.82. The molecule has 44 heavy (non-hydrogen) atoms. The van der Waals surface area contributed by atoms with Gasteiger partial charge in [-0.3, -0.25) is 9.69 Å². The van der Waals surface area contributed by atoms with E-state index in [1.807, 2.05) is 66.7 Å². The van der Waals surface area contributed by atoms with E-state index in [4.69, 9.17) is 30.5 Å². The van der Waals surface area contributed by atoms with Crippen LogP contribution in [0.3, 0.4) is 0 Å². The Bertz CT molecular complexity index is 1470. The Kier molecular flexibility index (Phi) is 12.7. The van der Waals surface area contributed by atoms with Crippen molar-refractivity contribution in [2.75, 3.05) is 27.3 Å². The van der Waals surface area contributed by atoms with Crippen LogP contribution in [0.15, 0.2) is 97.1 Å². The summed E-state index contributed by atoms with van der Waals surface area (Å²) in [5, 5.41) is 0.667. The minimum Gasteiger partial charge on any atom is -0.489 e. The van der Waals surface area contributed by atoms with Crippen molar-refractivity contribution >= 4 is 23.5 Å². The third kappa shape index (κ3) is 10.4. The average molecular weight is 616 g/mol. The Morgan fingerprint density at radius 1 is 0.727 bits per heavy atom. The maximum Gasteiger partial charge on any atom is 0.337 e. The third-order valence-electron chi connectivity index (χ3n) is 7.15. The van der Waals surface area contributed by atoms with Gasteiger partial charge in [-0.25, -0.2) is 4.79 Å². The fourth-order valence-corrected chi connectivity index (χ4v) is 4.81. The molecule has 7 nitrogen and oxygen atoms in total. The molecule has 0 amide bonds. The Labute approximate surface area is 264 Å². The van der Waals surface area contributed by atoms with Gasteiger partial charge < -0.3 is 18.9 Å². The number of para-hydroxylation sites is 1. The quantitative estimate of drug-likeness (QED) is 0.0937. The third-order valence-corrected chi connectivity index (χ3v) is 7.40. The Balaban J connectivity index is 1.35. The molecule has 4 rings (SSSR count). The van der Waals surface area contributed by atoms with Gasteiger partial charge in [0, 0.05) is 24.5 Å². The summed E-state index contributed by atoms with van der Waals surface area (Å²) < 4.78 is 21.8. The molecule has 0 N–H and O–H groups in total. The van der Waals surface area contributed by atoms with Crippen molar-refractivity contribution in [3.05, 3.63) is 124 Å². The highest BCUT2D eigenvalue weighted by molar-refractivity contribution is 6.30. The van der Waals surface area contributed by atoms with Crippen LogP contribution in [-0.4, -0.2) is 44.1 Å². The number of methoxy groups -OCH3 is 2. The summed E-state index contributed by atoms with van der Waals surface area (Å²) in [7, 11) is 2.79. The molecule has 0 spiro atoms. The van der Waals surface area contributed by atoms with Crippen molar-refractivity contribution in [2.24, 2.45) is 0 Å². The van der Waals surface area contributed by atoms with Crippen molar-refractivity contribution in [2.45, 2.75) is 38.8 Å². The number of carbonyl (C=O) groups is 2. The van der Waals surface area contributed by atoms with Gasteiger partial charge in [0.25, 0.3) is 0 Å². The molecular weight excluding hydrogens is 578 g/mol. The van der Waals surface area contributed by atoms with Crippen molar-refractivity contribution in [3.63, 3.8) is 0 Å². The van der Waals surface area contributed by atoms with Crippen molar-refractivity contribution in [3.8, 4) is 17.2 Å². The number of halogens is 1. The predicted octanol–water partition coefficient (Wildman–Crippen LogP) is 7.89. The number of hydrogen-bond donors (Lipinski definition) is 0. The number of hydrogen-bond acceptors (Lipinski definition) is 7. The summed E-state index contributed by atoms with van der Waals surface area (Å²) in [6.45, 7) is 2.77. The summed E-state index contributed by atoms with van der Waals surface area (Å²) in [5.41, 5.74) is 3.77. The average Bonchev–Trinajstić information content (AvgIpc) is 3.06. The number of rotatable bonds is 16. The van der Waals surface area contributed by atoms with Crippen LogP contribution in [0.2, 0.25) is 5.02 Å². The van der Waals surface area contributed by atoms with Gasteiger partial charge in [-0.2, -0.15) is 0 Å². The van der Waals surface area contributed by atoms with Gasteiger partial charge in [0.15, 0.2) is 0 Å². The van der Waals surface area contributed by atoms with Crippen LogP contribution in [0.25, 0.3) is 0 Å². The number of unbranched alkanes of at least 4 members (excludes halogenated alkanes) is 1. The fraction of sp³-hybridized carbons (Fsp3) is 0.278. The zero-order valence-electron chi connectivity index (χ0n) is 25.2. The lowest BCUT2D eigenvalue weighted by Gasteiger charge is -2.23. The van der Waals surface area contributed by atoms with Crippen molar-refractivity contribution in [1.82, 2.24) is 4.90 Å². The molecule has 0 radical (unpaired) electrons. The number of esters is 2. The van der Waals surface area contributed by atoms with Gasteiger partial charge in [-0.1, -0.05) is 54.1 Å². The zero-order chi connectivity index (χ0) is 31.1. The molecule has 0 aliphatic rings. The first-order valence-electron chi connectivity index (χ1n) is 14.6. The van der Waals surface area contributed by atoms with Crippen LogP contribution >= 0.6 is 11.6 Å². The maximum absolute atomic E-state index is 11.8. The highest BCUT2D eigenvalue weighted by Crippen LogP contribution is 2.25. The SMILES string of the molecule is COC(=O)CCCCN(CCc1ccccc1OCc1ccc(Oc2ccc(Cl)cc2)cc1)Cc1ccc(C(=O)OC)cc1. The van der Waals surface area contributed by atoms with Gasteiger partial charge in [0.2, 0.25) is 0 Å². The fourth-order valence-electron chi connectivity index (χ4n) is 4.68. The van der Waals surface area contributed by atoms with Crippen molar-refractivity contribution < 1.29 is 28.5 Å². The molecule has 0 heterocycles. The highest BCUT2D eigenvalue weighted by atomic mass is 35.5. The molecule has 0 aliphatic carbocycles. The van der Waals surface area contributed by atoms with Crippen LogP contribution in [-0.2, 0) is 33.8 Å². The monoisotopic (exact) mass is 615 g/mol. The largest absolute Gasteiger partial charge is 0.489 e. The topological polar surface area (TPSA) is 74.3 Å². The summed E-state index contributed by atoms with van der Waals surface area (Å²) in [5.74, 6) is 1.77. The minimum absolute atomic E-state index is 0.190. The lowest BCUT2D eigenvalue weighted by Crippen LogP contribution is -2.27. The summed E-state index contributed by atoms with van der Waals surface area (Å²) in [6, 6.07) is 30.7. The molecule has 0 bridgehead atoms. The molecule has 230 valence electrons. The van der Waals surface area contributed by atoms with E-state index >= 15 is 0 Å². The molecule has 4 aromatic rings. The van der Waals surface area contributed by atoms with E-state index < -0.39 is 0 Å². The van der Waals surface area contributed by atoms with E-state index in [1.165, 1.54) is 14.2 Å². The summed E-state index contributed by atoms with van der Waals surface area (Å²) >= 11 is 5.96. The first-order chi connectivity index (χ1) is 21.4. The first-order valence-corrected chi connectivity index (χ1v) is 15.0. The zero-order valence-corrected chi connectivity index (χ0v) is 25.9. The van der Waals surface area contributed by atoms with E-state index in [1.54, 1.807) is 24.3 Å². The molecular formula is C36H38ClNO6. The second-order valence-electron chi connectivity index (χ2n) is 10.3. The smallest absolute Gasteiger partial charge is 0.337 e. The lowest BCUT2D eigenvalue weighted by molar-refractivity contribution is -0.140. The Morgan fingerprint density at radius 2 is 1.39 bits per heavy atom. The maximum atomic E-state index is 11.8. The lowest BCUT2D eigenvalue weighted by atomic mass is 10.1. The molecule has 4 aromatic carbocycles. The Morgan fingerprint density at radius 3 is 2.07 bits per heavy atom. The Hall–Kier alpha value is -4.33. The molecule has 0 fully saturated rings. The second-order valence-corrected chi connectivity index (χ2v) is 10.8. The van der Waals surface area contributed by atoms with Crippen LogP contribution < -0.4 is 9.47 Å². The van der Waals surface area contributed by atoms with Crippen molar-refractivity contribution in [1.29, 1.82) is 0 Å². The molecule has 0 aliphatic heterocycles. The van der Waals surface area contributed by atoms with Gasteiger partial charge in [-0.05, 0) is 97.1 Å². The highest BCUT2D eigenvalue weighted by Gasteiger charge is 2.12. The van der Waals surface area contributed by atoms with Crippen LogP contribution in [0.5, 0.6) is 17.2 Å². The normalized spacial score (nSPS) is 10.8. The van der Waals surface area contributed by atoms with Gasteiger partial charge >= 0.3 is 11.9 Å². The van der Waals surface area contributed by atoms with E-state index in [2.05, 4.69) is 11.0 Å². The molecule has 0 saturated carbocycles. The van der Waals surface area contributed by atoms with Crippen LogP contribution in [0, 0.1) is 0 Å². The number of benzene rings is 4. The minimum atomic E-state index is -0.352. The van der Waals surface area contributed by atoms with E-state index in [-0.39, 0.29) is 11.9 Å². The molecule has 0 atom stereocenters. The molecule has 0 unspecified atom stereocenters. The van der Waals surface area contributed by atoms with Gasteiger partial charge in [0.05, 0.1) is 19.8 Å².